The first-order chi connectivity index (χ1) is 9.16. The molecule has 0 saturated carbocycles. The Kier molecular flexibility index (Phi) is 2.52. The molecule has 0 spiro atoms. The van der Waals surface area contributed by atoms with E-state index in [1.807, 2.05) is 0 Å². The number of primary amides is 1. The topological polar surface area (TPSA) is 60.9 Å². The van der Waals surface area contributed by atoms with Crippen molar-refractivity contribution in [1.29, 1.82) is 0 Å². The Hall–Kier alpha value is -2.69. The highest BCUT2D eigenvalue weighted by atomic mass is 19.1. The first-order valence-corrected chi connectivity index (χ1v) is 5.61. The van der Waals surface area contributed by atoms with Gasteiger partial charge in [0, 0.05) is 10.9 Å². The lowest BCUT2D eigenvalue weighted by atomic mass is 10.1. The highest BCUT2D eigenvalue weighted by Crippen LogP contribution is 2.27. The van der Waals surface area contributed by atoms with Crippen LogP contribution in [0.5, 0.6) is 0 Å². The molecular weight excluding hydrogens is 245 g/mol. The molecule has 19 heavy (non-hydrogen) atoms. The van der Waals surface area contributed by atoms with Gasteiger partial charge in [-0.1, -0.05) is 6.07 Å². The molecule has 0 bridgehead atoms. The van der Waals surface area contributed by atoms with Gasteiger partial charge in [-0.25, -0.2) is 9.18 Å². The van der Waals surface area contributed by atoms with Gasteiger partial charge in [-0.15, -0.1) is 0 Å². The highest BCUT2D eigenvalue weighted by Gasteiger charge is 2.14. The summed E-state index contributed by atoms with van der Waals surface area (Å²) in [4.78, 5) is 11.4. The molecule has 0 saturated heterocycles. The largest absolute Gasteiger partial charge is 0.350 e. The van der Waals surface area contributed by atoms with Crippen LogP contribution in [0.4, 0.5) is 9.18 Å². The van der Waals surface area contributed by atoms with Gasteiger partial charge in [0.05, 0.1) is 5.52 Å². The Morgan fingerprint density at radius 2 is 2.00 bits per heavy atom. The van der Waals surface area contributed by atoms with Gasteiger partial charge >= 0.3 is 6.03 Å². The maximum absolute atomic E-state index is 12.9. The second kappa shape index (κ2) is 4.20. The van der Waals surface area contributed by atoms with Gasteiger partial charge in [0.2, 0.25) is 0 Å². The number of hydrogen-bond acceptors (Lipinski definition) is 2. The molecule has 4 nitrogen and oxygen atoms in total. The molecule has 0 fully saturated rings. The predicted molar refractivity (Wildman–Crippen MR) is 68.9 cm³/mol. The number of halogens is 1. The third-order valence-corrected chi connectivity index (χ3v) is 2.85. The van der Waals surface area contributed by atoms with E-state index in [-0.39, 0.29) is 5.82 Å². The summed E-state index contributed by atoms with van der Waals surface area (Å²) in [6.07, 6.45) is 0. The average Bonchev–Trinajstić information content (AvgIpc) is 2.79. The molecule has 0 atom stereocenters. The normalized spacial score (nSPS) is 10.8. The third kappa shape index (κ3) is 1.85. The van der Waals surface area contributed by atoms with Crippen LogP contribution in [0.25, 0.3) is 22.2 Å². The van der Waals surface area contributed by atoms with Crippen LogP contribution < -0.4 is 5.73 Å². The maximum atomic E-state index is 12.9. The van der Waals surface area contributed by atoms with E-state index in [1.165, 1.54) is 12.1 Å². The zero-order valence-corrected chi connectivity index (χ0v) is 9.80. The Bertz CT molecular complexity index is 762. The van der Waals surface area contributed by atoms with E-state index in [2.05, 4.69) is 11.2 Å². The van der Waals surface area contributed by atoms with Crippen molar-refractivity contribution in [2.75, 3.05) is 0 Å². The van der Waals surface area contributed by atoms with Gasteiger partial charge < -0.3 is 5.73 Å². The number of nitrogens with zero attached hydrogens (tertiary/aromatic N) is 2. The number of nitrogens with two attached hydrogens (primary N) is 1. The zero-order valence-electron chi connectivity index (χ0n) is 9.80. The molecule has 1 amide bonds. The number of rotatable bonds is 1. The Morgan fingerprint density at radius 3 is 2.68 bits per heavy atom. The van der Waals surface area contributed by atoms with E-state index >= 15 is 0 Å². The minimum atomic E-state index is -0.669. The second-order valence-corrected chi connectivity index (χ2v) is 4.05. The molecule has 0 unspecified atom stereocenters. The fraction of sp³-hybridized carbons (Fsp3) is 0. The summed E-state index contributed by atoms with van der Waals surface area (Å²) in [6, 6.07) is 13.3. The van der Waals surface area contributed by atoms with E-state index in [1.54, 1.807) is 30.3 Å². The minimum absolute atomic E-state index is 0.323. The minimum Gasteiger partial charge on any atom is -0.350 e. The molecule has 0 aliphatic carbocycles. The first-order valence-electron chi connectivity index (χ1n) is 5.61. The number of amides is 1. The van der Waals surface area contributed by atoms with Crippen molar-refractivity contribution in [3.05, 3.63) is 54.3 Å². The van der Waals surface area contributed by atoms with Crippen molar-refractivity contribution < 1.29 is 9.18 Å². The summed E-state index contributed by atoms with van der Waals surface area (Å²) < 4.78 is 14.1. The second-order valence-electron chi connectivity index (χ2n) is 4.05. The number of benzene rings is 2. The van der Waals surface area contributed by atoms with Crippen molar-refractivity contribution >= 4 is 16.9 Å². The fourth-order valence-electron chi connectivity index (χ4n) is 1.99. The first kappa shape index (κ1) is 11.4. The number of fused-ring (bicyclic) bond motifs is 1. The monoisotopic (exact) mass is 254 g/mol. The highest BCUT2D eigenvalue weighted by molar-refractivity contribution is 5.98. The van der Waals surface area contributed by atoms with Gasteiger partial charge in [-0.05, 0) is 42.5 Å². The van der Waals surface area contributed by atoms with Crippen LogP contribution in [0.2, 0.25) is 0 Å². The van der Waals surface area contributed by atoms with Crippen molar-refractivity contribution in [2.45, 2.75) is 0 Å². The summed E-state index contributed by atoms with van der Waals surface area (Å²) in [7, 11) is 0. The van der Waals surface area contributed by atoms with E-state index < -0.39 is 6.03 Å². The molecule has 3 rings (SSSR count). The zero-order chi connectivity index (χ0) is 13.4. The third-order valence-electron chi connectivity index (χ3n) is 2.85. The van der Waals surface area contributed by atoms with Crippen molar-refractivity contribution in [3.63, 3.8) is 0 Å². The van der Waals surface area contributed by atoms with Crippen LogP contribution in [0, 0.1) is 11.9 Å². The number of carbonyl (C=O) groups is 1. The van der Waals surface area contributed by atoms with Gasteiger partial charge in [0.15, 0.2) is 0 Å². The maximum Gasteiger partial charge on any atom is 0.340 e. The van der Waals surface area contributed by atoms with Gasteiger partial charge in [0.25, 0.3) is 0 Å². The van der Waals surface area contributed by atoms with Crippen LogP contribution in [-0.4, -0.2) is 15.8 Å². The number of aromatic nitrogens is 2. The number of carbonyl (C=O) groups excluding carboxylic acids is 1. The SMILES string of the molecule is NC(=O)n1nc(-c2ccc(F)cc2)c2cc[c]cc21. The lowest BCUT2D eigenvalue weighted by Gasteiger charge is -1.97. The lowest BCUT2D eigenvalue weighted by molar-refractivity contribution is 0.248. The fourth-order valence-corrected chi connectivity index (χ4v) is 1.99. The molecule has 1 heterocycles. The van der Waals surface area contributed by atoms with E-state index in [0.29, 0.717) is 11.2 Å². The van der Waals surface area contributed by atoms with Crippen LogP contribution in [-0.2, 0) is 0 Å². The lowest BCUT2D eigenvalue weighted by Crippen LogP contribution is -2.20. The molecule has 1 aromatic heterocycles. The van der Waals surface area contributed by atoms with Crippen LogP contribution in [0.1, 0.15) is 0 Å². The van der Waals surface area contributed by atoms with E-state index in [9.17, 15) is 9.18 Å². The summed E-state index contributed by atoms with van der Waals surface area (Å²) in [6.45, 7) is 0. The van der Waals surface area contributed by atoms with Crippen LogP contribution >= 0.6 is 0 Å². The summed E-state index contributed by atoms with van der Waals surface area (Å²) in [5.41, 5.74) is 7.17. The summed E-state index contributed by atoms with van der Waals surface area (Å²) >= 11 is 0. The van der Waals surface area contributed by atoms with Crippen LogP contribution in [0.3, 0.4) is 0 Å². The van der Waals surface area contributed by atoms with Gasteiger partial charge in [-0.2, -0.15) is 9.78 Å². The average molecular weight is 254 g/mol. The van der Waals surface area contributed by atoms with E-state index in [0.717, 1.165) is 15.6 Å². The molecule has 1 radical (unpaired) electrons. The van der Waals surface area contributed by atoms with Crippen molar-refractivity contribution in [2.24, 2.45) is 5.73 Å². The molecule has 2 aromatic carbocycles. The van der Waals surface area contributed by atoms with Gasteiger partial charge in [-0.3, -0.25) is 0 Å². The van der Waals surface area contributed by atoms with Crippen LogP contribution in [0.15, 0.2) is 42.5 Å². The number of hydrogen-bond donors (Lipinski definition) is 1. The Labute approximate surface area is 108 Å². The summed E-state index contributed by atoms with van der Waals surface area (Å²) in [5.74, 6) is -0.323. The Balaban J connectivity index is 2.29. The molecule has 5 heteroatoms. The smallest absolute Gasteiger partial charge is 0.340 e. The standard InChI is InChI=1S/C14H9FN3O/c15-10-7-5-9(6-8-10)13-11-3-1-2-4-12(11)18(17-13)14(16)19/h1,3-8H,(H2,16,19). The molecule has 3 aromatic rings. The molecule has 0 aliphatic heterocycles. The molecule has 0 aliphatic rings. The van der Waals surface area contributed by atoms with Gasteiger partial charge in [0.1, 0.15) is 11.5 Å². The molecule has 2 N–H and O–H groups in total. The van der Waals surface area contributed by atoms with Crippen molar-refractivity contribution in [3.8, 4) is 11.3 Å². The molecular formula is C14H9FN3O. The Morgan fingerprint density at radius 1 is 1.26 bits per heavy atom. The quantitative estimate of drug-likeness (QED) is 0.725. The summed E-state index contributed by atoms with van der Waals surface area (Å²) in [5, 5.41) is 4.96. The van der Waals surface area contributed by atoms with Crippen molar-refractivity contribution in [1.82, 2.24) is 9.78 Å². The molecule has 93 valence electrons. The van der Waals surface area contributed by atoms with E-state index in [4.69, 9.17) is 5.73 Å². The predicted octanol–water partition coefficient (Wildman–Crippen LogP) is 2.57.